The molecule has 2 N–H and O–H groups in total. The Morgan fingerprint density at radius 2 is 1.72 bits per heavy atom. The molecular weight excluding hydrogens is 334 g/mol. The second-order valence-electron chi connectivity index (χ2n) is 7.16. The number of aryl methyl sites for hydroxylation is 1. The molecule has 0 aromatic heterocycles. The number of likely N-dealkylation sites (tertiary alicyclic amines) is 1. The SMILES string of the molecule is Cc1ccc(S(=O)(=O)N2CC3(C2)[C@H](N)CN3Cc2ccccc2)cc1. The Hall–Kier alpha value is -1.73. The van der Waals surface area contributed by atoms with Gasteiger partial charge in [0.15, 0.2) is 0 Å². The minimum Gasteiger partial charge on any atom is -0.325 e. The number of hydrogen-bond donors (Lipinski definition) is 1. The predicted octanol–water partition coefficient (Wildman–Crippen LogP) is 1.58. The molecule has 0 aliphatic carbocycles. The zero-order valence-corrected chi connectivity index (χ0v) is 15.1. The van der Waals surface area contributed by atoms with Crippen molar-refractivity contribution in [2.75, 3.05) is 19.6 Å². The predicted molar refractivity (Wildman–Crippen MR) is 97.5 cm³/mol. The summed E-state index contributed by atoms with van der Waals surface area (Å²) in [6.45, 7) is 4.51. The van der Waals surface area contributed by atoms with Crippen LogP contribution >= 0.6 is 0 Å². The van der Waals surface area contributed by atoms with Gasteiger partial charge in [0, 0.05) is 32.2 Å². The molecule has 2 fully saturated rings. The summed E-state index contributed by atoms with van der Waals surface area (Å²) < 4.78 is 27.1. The van der Waals surface area contributed by atoms with Crippen LogP contribution in [0.25, 0.3) is 0 Å². The van der Waals surface area contributed by atoms with E-state index in [0.29, 0.717) is 18.0 Å². The normalized spacial score (nSPS) is 23.2. The summed E-state index contributed by atoms with van der Waals surface area (Å²) in [5.41, 5.74) is 8.33. The highest BCUT2D eigenvalue weighted by atomic mass is 32.2. The quantitative estimate of drug-likeness (QED) is 0.902. The maximum absolute atomic E-state index is 12.8. The summed E-state index contributed by atoms with van der Waals surface area (Å²) in [6, 6.07) is 17.3. The van der Waals surface area contributed by atoms with Gasteiger partial charge in [-0.3, -0.25) is 4.90 Å². The molecule has 2 heterocycles. The minimum absolute atomic E-state index is 0.0284. The lowest BCUT2D eigenvalue weighted by atomic mass is 9.74. The maximum atomic E-state index is 12.8. The Bertz CT molecular complexity index is 859. The van der Waals surface area contributed by atoms with Gasteiger partial charge in [0.1, 0.15) is 0 Å². The summed E-state index contributed by atoms with van der Waals surface area (Å²) in [4.78, 5) is 2.67. The van der Waals surface area contributed by atoms with Crippen molar-refractivity contribution in [3.63, 3.8) is 0 Å². The molecular formula is C19H23N3O2S. The van der Waals surface area contributed by atoms with E-state index in [-0.39, 0.29) is 11.6 Å². The number of nitrogens with two attached hydrogens (primary N) is 1. The minimum atomic E-state index is -3.43. The van der Waals surface area contributed by atoms with E-state index in [4.69, 9.17) is 5.73 Å². The lowest BCUT2D eigenvalue weighted by molar-refractivity contribution is -0.115. The Balaban J connectivity index is 1.48. The molecule has 0 saturated carbocycles. The molecule has 2 aromatic carbocycles. The van der Waals surface area contributed by atoms with Crippen LogP contribution in [0, 0.1) is 6.92 Å². The number of nitrogens with zero attached hydrogens (tertiary/aromatic N) is 2. The van der Waals surface area contributed by atoms with Crippen molar-refractivity contribution in [3.05, 3.63) is 65.7 Å². The van der Waals surface area contributed by atoms with Gasteiger partial charge in [-0.05, 0) is 24.6 Å². The molecule has 2 saturated heterocycles. The molecule has 25 heavy (non-hydrogen) atoms. The van der Waals surface area contributed by atoms with E-state index < -0.39 is 10.0 Å². The van der Waals surface area contributed by atoms with E-state index in [0.717, 1.165) is 18.7 Å². The van der Waals surface area contributed by atoms with Crippen LogP contribution in [0.5, 0.6) is 0 Å². The first-order valence-electron chi connectivity index (χ1n) is 8.53. The molecule has 132 valence electrons. The zero-order chi connectivity index (χ0) is 17.7. The van der Waals surface area contributed by atoms with Crippen molar-refractivity contribution in [2.45, 2.75) is 29.9 Å². The van der Waals surface area contributed by atoms with E-state index in [2.05, 4.69) is 17.0 Å². The molecule has 2 aliphatic heterocycles. The Kier molecular flexibility index (Phi) is 3.96. The highest BCUT2D eigenvalue weighted by Gasteiger charge is 2.61. The fraction of sp³-hybridized carbons (Fsp3) is 0.368. The Labute approximate surface area is 149 Å². The molecule has 6 heteroatoms. The van der Waals surface area contributed by atoms with Gasteiger partial charge in [0.2, 0.25) is 10.0 Å². The van der Waals surface area contributed by atoms with E-state index >= 15 is 0 Å². The third kappa shape index (κ3) is 2.69. The molecule has 5 nitrogen and oxygen atoms in total. The average molecular weight is 357 g/mol. The molecule has 0 bridgehead atoms. The van der Waals surface area contributed by atoms with Gasteiger partial charge in [0.05, 0.1) is 10.4 Å². The average Bonchev–Trinajstić information content (AvgIpc) is 2.54. The third-order valence-corrected chi connectivity index (χ3v) is 7.32. The van der Waals surface area contributed by atoms with Crippen molar-refractivity contribution >= 4 is 10.0 Å². The number of benzene rings is 2. The topological polar surface area (TPSA) is 66.6 Å². The fourth-order valence-electron chi connectivity index (χ4n) is 3.77. The van der Waals surface area contributed by atoms with Crippen molar-refractivity contribution < 1.29 is 8.42 Å². The van der Waals surface area contributed by atoms with Gasteiger partial charge >= 0.3 is 0 Å². The first-order valence-corrected chi connectivity index (χ1v) is 9.97. The first kappa shape index (κ1) is 16.7. The lowest BCUT2D eigenvalue weighted by Crippen LogP contribution is -2.86. The first-order chi connectivity index (χ1) is 11.9. The van der Waals surface area contributed by atoms with Crippen molar-refractivity contribution in [1.82, 2.24) is 9.21 Å². The van der Waals surface area contributed by atoms with Gasteiger partial charge in [-0.15, -0.1) is 0 Å². The summed E-state index contributed by atoms with van der Waals surface area (Å²) in [5, 5.41) is 0. The Morgan fingerprint density at radius 1 is 1.08 bits per heavy atom. The highest BCUT2D eigenvalue weighted by Crippen LogP contribution is 2.41. The smallest absolute Gasteiger partial charge is 0.243 e. The van der Waals surface area contributed by atoms with Crippen LogP contribution in [-0.4, -0.2) is 48.8 Å². The standard InChI is InChI=1S/C19H23N3O2S/c1-15-7-9-17(10-8-15)25(23,24)22-13-19(14-22)18(20)12-21(19)11-16-5-3-2-4-6-16/h2-10,18H,11-14,20H2,1H3/t18-/m1/s1. The van der Waals surface area contributed by atoms with Gasteiger partial charge < -0.3 is 5.73 Å². The number of hydrogen-bond acceptors (Lipinski definition) is 4. The van der Waals surface area contributed by atoms with Gasteiger partial charge in [-0.25, -0.2) is 8.42 Å². The van der Waals surface area contributed by atoms with Gasteiger partial charge in [0.25, 0.3) is 0 Å². The lowest BCUT2D eigenvalue weighted by Gasteiger charge is -2.65. The molecule has 1 atom stereocenters. The van der Waals surface area contributed by atoms with Crippen LogP contribution < -0.4 is 5.73 Å². The van der Waals surface area contributed by atoms with Crippen LogP contribution in [0.15, 0.2) is 59.5 Å². The summed E-state index contributed by atoms with van der Waals surface area (Å²) in [7, 11) is -3.43. The summed E-state index contributed by atoms with van der Waals surface area (Å²) >= 11 is 0. The molecule has 4 rings (SSSR count). The van der Waals surface area contributed by atoms with Crippen LogP contribution in [-0.2, 0) is 16.6 Å². The molecule has 1 spiro atoms. The van der Waals surface area contributed by atoms with Gasteiger partial charge in [-0.1, -0.05) is 48.0 Å². The van der Waals surface area contributed by atoms with E-state index in [9.17, 15) is 8.42 Å². The van der Waals surface area contributed by atoms with Crippen LogP contribution in [0.3, 0.4) is 0 Å². The summed E-state index contributed by atoms with van der Waals surface area (Å²) in [6.07, 6.45) is 0. The highest BCUT2D eigenvalue weighted by molar-refractivity contribution is 7.89. The third-order valence-electron chi connectivity index (χ3n) is 5.51. The zero-order valence-electron chi connectivity index (χ0n) is 14.3. The van der Waals surface area contributed by atoms with E-state index in [1.54, 1.807) is 16.4 Å². The number of sulfonamides is 1. The van der Waals surface area contributed by atoms with Crippen molar-refractivity contribution in [1.29, 1.82) is 0 Å². The van der Waals surface area contributed by atoms with Crippen molar-refractivity contribution in [2.24, 2.45) is 5.73 Å². The fourth-order valence-corrected chi connectivity index (χ4v) is 5.33. The molecule has 2 aromatic rings. The number of rotatable bonds is 4. The molecule has 2 aliphatic rings. The van der Waals surface area contributed by atoms with E-state index in [1.807, 2.05) is 37.3 Å². The molecule has 0 radical (unpaired) electrons. The molecule has 0 amide bonds. The van der Waals surface area contributed by atoms with E-state index in [1.165, 1.54) is 5.56 Å². The molecule has 0 unspecified atom stereocenters. The Morgan fingerprint density at radius 3 is 2.32 bits per heavy atom. The second-order valence-corrected chi connectivity index (χ2v) is 9.10. The van der Waals surface area contributed by atoms with Crippen molar-refractivity contribution in [3.8, 4) is 0 Å². The van der Waals surface area contributed by atoms with Crippen LogP contribution in [0.2, 0.25) is 0 Å². The monoisotopic (exact) mass is 357 g/mol. The second kappa shape index (κ2) is 5.92. The maximum Gasteiger partial charge on any atom is 0.243 e. The summed E-state index contributed by atoms with van der Waals surface area (Å²) in [5.74, 6) is 0. The largest absolute Gasteiger partial charge is 0.325 e. The van der Waals surface area contributed by atoms with Crippen LogP contribution in [0.1, 0.15) is 11.1 Å². The van der Waals surface area contributed by atoms with Crippen LogP contribution in [0.4, 0.5) is 0 Å². The van der Waals surface area contributed by atoms with Gasteiger partial charge in [-0.2, -0.15) is 4.31 Å².